The molecule has 0 bridgehead atoms. The normalized spacial score (nSPS) is 11.6. The van der Waals surface area contributed by atoms with Crippen molar-refractivity contribution < 1.29 is 34.1 Å². The molecule has 11 nitrogen and oxygen atoms in total. The molecule has 0 saturated carbocycles. The predicted octanol–water partition coefficient (Wildman–Crippen LogP) is 15.9. The van der Waals surface area contributed by atoms with Gasteiger partial charge in [-0.2, -0.15) is 0 Å². The molecule has 0 radical (unpaired) electrons. The summed E-state index contributed by atoms with van der Waals surface area (Å²) in [6.45, 7) is 15.9. The second kappa shape index (κ2) is 26.9. The number of nitrogens with zero attached hydrogens (tertiary/aromatic N) is 2. The number of aliphatic hydroxyl groups is 1. The summed E-state index contributed by atoms with van der Waals surface area (Å²) in [6.07, 6.45) is 0. The van der Waals surface area contributed by atoms with Crippen LogP contribution < -0.4 is 10.6 Å². The summed E-state index contributed by atoms with van der Waals surface area (Å²) in [7, 11) is 1.00. The largest absolute Gasteiger partial charge is 0.478 e. The van der Waals surface area contributed by atoms with Crippen LogP contribution in [-0.2, 0) is 17.8 Å². The number of nitrogens with one attached hydrogen (secondary N) is 2. The van der Waals surface area contributed by atoms with Gasteiger partial charge in [0, 0.05) is 73.5 Å². The Kier molecular flexibility index (Phi) is 19.6. The van der Waals surface area contributed by atoms with Crippen molar-refractivity contribution in [3.8, 4) is 22.3 Å². The van der Waals surface area contributed by atoms with E-state index in [0.29, 0.717) is 36.4 Å². The second-order valence-corrected chi connectivity index (χ2v) is 21.9. The number of carbonyl (C=O) groups is 4. The minimum absolute atomic E-state index is 0.0938. The molecule has 2 atom stereocenters. The summed E-state index contributed by atoms with van der Waals surface area (Å²) < 4.78 is 11.7. The molecule has 0 unspecified atom stereocenters. The quantitative estimate of drug-likeness (QED) is 0.0746. The van der Waals surface area contributed by atoms with E-state index in [0.717, 1.165) is 99.3 Å². The number of carboxylic acids is 1. The minimum Gasteiger partial charge on any atom is -0.478 e. The Hall–Kier alpha value is -8.36. The lowest BCUT2D eigenvalue weighted by molar-refractivity contribution is 0.0525. The second-order valence-electron chi connectivity index (χ2n) is 20.0. The third-order valence-corrected chi connectivity index (χ3v) is 16.1. The number of aromatic nitrogens is 2. The number of aryl methyl sites for hydroxylation is 2. The van der Waals surface area contributed by atoms with Crippen LogP contribution in [0, 0.1) is 27.7 Å². The number of rotatable bonds is 15. The van der Waals surface area contributed by atoms with Gasteiger partial charge in [-0.1, -0.05) is 129 Å². The van der Waals surface area contributed by atoms with Crippen molar-refractivity contribution in [3.05, 3.63) is 258 Å². The SMILES string of the molecule is CCOC(=O)c1ccc(-c2ccccc2Cn2c(C)c(C)c3cc(C(=O)N[C@@H](C)c4ccc(Br)cc4)ccc32)cc1.CO.Cc1c(C)n(Cc2ccccc2-c2ccc(C(=O)O)cc2)c2ccc(C(=O)N[C@@H](C)c3ccc(Br)cc3)cc12. The van der Waals surface area contributed by atoms with Gasteiger partial charge in [-0.25, -0.2) is 9.59 Å². The Morgan fingerprint density at radius 1 is 0.500 bits per heavy atom. The molecule has 8 aromatic carbocycles. The van der Waals surface area contributed by atoms with Gasteiger partial charge in [0.25, 0.3) is 11.8 Å². The summed E-state index contributed by atoms with van der Waals surface area (Å²) in [5, 5.41) is 24.6. The van der Waals surface area contributed by atoms with Crippen molar-refractivity contribution >= 4 is 77.4 Å². The maximum absolute atomic E-state index is 13.2. The van der Waals surface area contributed by atoms with E-state index in [1.807, 2.05) is 153 Å². The van der Waals surface area contributed by atoms with E-state index >= 15 is 0 Å². The van der Waals surface area contributed by atoms with Gasteiger partial charge in [-0.05, 0) is 189 Å². The minimum atomic E-state index is -0.935. The zero-order valence-corrected chi connectivity index (χ0v) is 50.4. The van der Waals surface area contributed by atoms with Gasteiger partial charge in [-0.15, -0.1) is 0 Å². The molecular formula is C69H66Br2N4O7. The number of benzene rings is 8. The van der Waals surface area contributed by atoms with Crippen LogP contribution in [-0.4, -0.2) is 56.8 Å². The summed E-state index contributed by atoms with van der Waals surface area (Å²) in [4.78, 5) is 49.7. The van der Waals surface area contributed by atoms with Crippen LogP contribution >= 0.6 is 31.9 Å². The molecule has 10 rings (SSSR count). The van der Waals surface area contributed by atoms with Crippen molar-refractivity contribution in [1.82, 2.24) is 19.8 Å². The lowest BCUT2D eigenvalue weighted by Crippen LogP contribution is -2.26. The summed E-state index contributed by atoms with van der Waals surface area (Å²) in [6, 6.07) is 58.6. The number of carboxylic acid groups (broad SMARTS) is 1. The van der Waals surface area contributed by atoms with E-state index in [9.17, 15) is 24.3 Å². The van der Waals surface area contributed by atoms with Crippen LogP contribution in [0.1, 0.15) is 119 Å². The van der Waals surface area contributed by atoms with E-state index < -0.39 is 5.97 Å². The Labute approximate surface area is 495 Å². The van der Waals surface area contributed by atoms with Gasteiger partial charge in [-0.3, -0.25) is 9.59 Å². The third-order valence-electron chi connectivity index (χ3n) is 15.1. The molecule has 0 aliphatic heterocycles. The maximum Gasteiger partial charge on any atom is 0.338 e. The highest BCUT2D eigenvalue weighted by Gasteiger charge is 2.20. The van der Waals surface area contributed by atoms with Crippen molar-refractivity contribution in [2.75, 3.05) is 13.7 Å². The molecule has 13 heteroatoms. The topological polar surface area (TPSA) is 152 Å². The highest BCUT2D eigenvalue weighted by Crippen LogP contribution is 2.33. The molecule has 0 aliphatic carbocycles. The molecule has 0 aliphatic rings. The number of carbonyl (C=O) groups excluding carboxylic acids is 3. The van der Waals surface area contributed by atoms with Crippen LogP contribution in [0.2, 0.25) is 0 Å². The monoisotopic (exact) mass is 1220 g/mol. The number of esters is 1. The predicted molar refractivity (Wildman–Crippen MR) is 336 cm³/mol. The molecule has 2 heterocycles. The average molecular weight is 1220 g/mol. The van der Waals surface area contributed by atoms with Crippen LogP contribution in [0.5, 0.6) is 0 Å². The van der Waals surface area contributed by atoms with Crippen molar-refractivity contribution in [3.63, 3.8) is 0 Å². The molecule has 418 valence electrons. The first kappa shape index (κ1) is 59.8. The molecule has 2 amide bonds. The lowest BCUT2D eigenvalue weighted by atomic mass is 9.98. The van der Waals surface area contributed by atoms with Crippen LogP contribution in [0.25, 0.3) is 44.1 Å². The first-order valence-electron chi connectivity index (χ1n) is 27.0. The molecule has 4 N–H and O–H groups in total. The van der Waals surface area contributed by atoms with Crippen LogP contribution in [0.15, 0.2) is 191 Å². The number of ether oxygens (including phenoxy) is 1. The van der Waals surface area contributed by atoms with Crippen LogP contribution in [0.4, 0.5) is 0 Å². The van der Waals surface area contributed by atoms with E-state index in [-0.39, 0.29) is 35.4 Å². The van der Waals surface area contributed by atoms with E-state index in [2.05, 4.69) is 110 Å². The van der Waals surface area contributed by atoms with Crippen molar-refractivity contribution in [2.24, 2.45) is 0 Å². The molecular weight excluding hydrogens is 1160 g/mol. The maximum atomic E-state index is 13.2. The molecule has 10 aromatic rings. The number of hydrogen-bond donors (Lipinski definition) is 4. The highest BCUT2D eigenvalue weighted by molar-refractivity contribution is 9.10. The Morgan fingerprint density at radius 3 is 1.24 bits per heavy atom. The number of fused-ring (bicyclic) bond motifs is 2. The van der Waals surface area contributed by atoms with E-state index in [1.54, 1.807) is 19.1 Å². The average Bonchev–Trinajstić information content (AvgIpc) is 3.59. The molecule has 0 saturated heterocycles. The zero-order chi connectivity index (χ0) is 58.8. The van der Waals surface area contributed by atoms with Gasteiger partial charge < -0.3 is 34.7 Å². The zero-order valence-electron chi connectivity index (χ0n) is 47.2. The van der Waals surface area contributed by atoms with Gasteiger partial charge in [0.15, 0.2) is 0 Å². The number of halogens is 2. The molecule has 0 fully saturated rings. The standard InChI is InChI=1S/C35H33BrN2O3.C33H29BrN2O3.CH4O/c1-5-41-35(40)27-12-10-26(11-13-27)31-9-7-6-8-29(31)21-38-24(4)22(2)32-20-28(16-19-33(32)38)34(39)37-23(3)25-14-17-30(36)18-15-25;1-20-22(3)36(19-27-6-4-5-7-29(27)24-8-10-25(11-9-24)33(38)39)31-17-14-26(18-30(20)31)32(37)35-21(2)23-12-15-28(34)16-13-23;1-2/h6-20,23H,5,21H2,1-4H3,(H,37,39);4-18,21H,19H2,1-3H3,(H,35,37)(H,38,39);2H,1H3/t23-;21-;/m00./s1. The summed E-state index contributed by atoms with van der Waals surface area (Å²) in [5.41, 5.74) is 17.4. The van der Waals surface area contributed by atoms with Crippen LogP contribution in [0.3, 0.4) is 0 Å². The van der Waals surface area contributed by atoms with Gasteiger partial charge in [0.05, 0.1) is 29.8 Å². The molecule has 2 aromatic heterocycles. The fourth-order valence-electron chi connectivity index (χ4n) is 10.2. The lowest BCUT2D eigenvalue weighted by Gasteiger charge is -2.15. The fraction of sp³-hybridized carbons (Fsp3) is 0.188. The van der Waals surface area contributed by atoms with Crippen molar-refractivity contribution in [2.45, 2.75) is 73.6 Å². The Balaban J connectivity index is 0.000000209. The Bertz CT molecular complexity index is 3920. The first-order valence-corrected chi connectivity index (χ1v) is 28.6. The molecule has 82 heavy (non-hydrogen) atoms. The van der Waals surface area contributed by atoms with Gasteiger partial charge in [0.2, 0.25) is 0 Å². The third kappa shape index (κ3) is 13.5. The Morgan fingerprint density at radius 2 is 0.866 bits per heavy atom. The van der Waals surface area contributed by atoms with Gasteiger partial charge >= 0.3 is 11.9 Å². The fourth-order valence-corrected chi connectivity index (χ4v) is 10.8. The molecule has 0 spiro atoms. The number of aromatic carboxylic acids is 1. The van der Waals surface area contributed by atoms with E-state index in [1.165, 1.54) is 5.56 Å². The smallest absolute Gasteiger partial charge is 0.338 e. The summed E-state index contributed by atoms with van der Waals surface area (Å²) in [5.74, 6) is -1.44. The van der Waals surface area contributed by atoms with Gasteiger partial charge in [0.1, 0.15) is 0 Å². The first-order chi connectivity index (χ1) is 39.5. The number of amides is 2. The highest BCUT2D eigenvalue weighted by atomic mass is 79.9. The number of hydrogen-bond acceptors (Lipinski definition) is 6. The number of aliphatic hydroxyl groups excluding tert-OH is 1. The van der Waals surface area contributed by atoms with Crippen molar-refractivity contribution in [1.29, 1.82) is 0 Å². The summed E-state index contributed by atoms with van der Waals surface area (Å²) >= 11 is 6.92. The van der Waals surface area contributed by atoms with E-state index in [4.69, 9.17) is 9.84 Å².